The van der Waals surface area contributed by atoms with Crippen LogP contribution in [0.4, 0.5) is 0 Å². The molecule has 1 heterocycles. The van der Waals surface area contributed by atoms with Crippen molar-refractivity contribution in [1.82, 2.24) is 0 Å². The van der Waals surface area contributed by atoms with Gasteiger partial charge in [0.25, 0.3) is 10.1 Å². The molecule has 1 aliphatic heterocycles. The van der Waals surface area contributed by atoms with E-state index in [9.17, 15) is 16.8 Å². The van der Waals surface area contributed by atoms with Crippen LogP contribution in [0.5, 0.6) is 0 Å². The summed E-state index contributed by atoms with van der Waals surface area (Å²) in [7, 11) is -6.98. The summed E-state index contributed by atoms with van der Waals surface area (Å²) in [6.07, 6.45) is 0. The smallest absolute Gasteiger partial charge is 0.265 e. The van der Waals surface area contributed by atoms with Crippen LogP contribution in [0.15, 0.2) is 0 Å². The molecule has 1 rings (SSSR count). The minimum Gasteiger partial charge on any atom is -0.286 e. The Bertz CT molecular complexity index is 325. The Labute approximate surface area is 65.1 Å². The van der Waals surface area contributed by atoms with E-state index in [2.05, 4.69) is 0 Å². The van der Waals surface area contributed by atoms with Gasteiger partial charge >= 0.3 is 0 Å². The summed E-state index contributed by atoms with van der Waals surface area (Å²) >= 11 is 0. The van der Waals surface area contributed by atoms with E-state index in [0.29, 0.717) is 0 Å². The molecule has 1 fully saturated rings. The van der Waals surface area contributed by atoms with Gasteiger partial charge in [0.05, 0.1) is 17.3 Å². The lowest BCUT2D eigenvalue weighted by atomic mass is 10.2. The van der Waals surface area contributed by atoms with Gasteiger partial charge in [-0.1, -0.05) is 0 Å². The molecule has 0 unspecified atom stereocenters. The molecule has 0 spiro atoms. The zero-order valence-electron chi connectivity index (χ0n) is 5.60. The van der Waals surface area contributed by atoms with Crippen LogP contribution in [0.2, 0.25) is 0 Å². The highest BCUT2D eigenvalue weighted by molar-refractivity contribution is 7.93. The van der Waals surface area contributed by atoms with Crippen LogP contribution in [0.1, 0.15) is 0 Å². The van der Waals surface area contributed by atoms with E-state index in [4.69, 9.17) is 4.55 Å². The maximum absolute atomic E-state index is 10.5. The molecule has 0 aliphatic carbocycles. The number of hydrogen-bond donors (Lipinski definition) is 1. The fourth-order valence-electron chi connectivity index (χ4n) is 1.06. The Morgan fingerprint density at radius 1 is 1.36 bits per heavy atom. The average Bonchev–Trinajstić information content (AvgIpc) is 1.53. The second kappa shape index (κ2) is 2.43. The number of hydrogen-bond acceptors (Lipinski definition) is 4. The lowest BCUT2D eigenvalue weighted by Gasteiger charge is -2.23. The van der Waals surface area contributed by atoms with E-state index in [1.807, 2.05) is 0 Å². The molecule has 5 nitrogen and oxygen atoms in total. The van der Waals surface area contributed by atoms with Crippen molar-refractivity contribution in [3.05, 3.63) is 0 Å². The Morgan fingerprint density at radius 2 is 1.82 bits per heavy atom. The standard InChI is InChI=1S/C4H8O5S2/c5-10(6)1-4(2-10)3-11(7,8)9/h4H,1-3H2,(H,7,8,9). The zero-order chi connectivity index (χ0) is 8.70. The van der Waals surface area contributed by atoms with Gasteiger partial charge in [-0.05, 0) is 0 Å². The predicted octanol–water partition coefficient (Wildman–Crippen LogP) is -1.08. The van der Waals surface area contributed by atoms with E-state index in [0.717, 1.165) is 0 Å². The molecule has 0 amide bonds. The molecule has 66 valence electrons. The third-order valence-electron chi connectivity index (χ3n) is 1.43. The van der Waals surface area contributed by atoms with E-state index in [1.54, 1.807) is 0 Å². The van der Waals surface area contributed by atoms with Gasteiger partial charge in [-0.15, -0.1) is 0 Å². The molecule has 0 radical (unpaired) electrons. The van der Waals surface area contributed by atoms with Gasteiger partial charge in [0.15, 0.2) is 9.84 Å². The second-order valence-electron chi connectivity index (χ2n) is 2.69. The minimum atomic E-state index is -4.00. The summed E-state index contributed by atoms with van der Waals surface area (Å²) in [5.41, 5.74) is 0. The van der Waals surface area contributed by atoms with Gasteiger partial charge in [-0.25, -0.2) is 8.42 Å². The molecule has 0 atom stereocenters. The number of sulfone groups is 1. The molecule has 0 bridgehead atoms. The first-order chi connectivity index (χ1) is 4.79. The molecule has 1 aliphatic rings. The van der Waals surface area contributed by atoms with Crippen molar-refractivity contribution in [2.24, 2.45) is 5.92 Å². The molecular formula is C4H8O5S2. The molecule has 0 aromatic carbocycles. The van der Waals surface area contributed by atoms with E-state index >= 15 is 0 Å². The van der Waals surface area contributed by atoms with E-state index < -0.39 is 31.6 Å². The van der Waals surface area contributed by atoms with Gasteiger partial charge in [0.2, 0.25) is 0 Å². The van der Waals surface area contributed by atoms with Crippen molar-refractivity contribution in [2.75, 3.05) is 17.3 Å². The topological polar surface area (TPSA) is 88.5 Å². The van der Waals surface area contributed by atoms with Gasteiger partial charge in [0.1, 0.15) is 0 Å². The molecule has 0 aromatic rings. The second-order valence-corrected chi connectivity index (χ2v) is 6.34. The Morgan fingerprint density at radius 3 is 2.09 bits per heavy atom. The van der Waals surface area contributed by atoms with Crippen LogP contribution in [0, 0.1) is 5.92 Å². The molecule has 0 saturated carbocycles. The summed E-state index contributed by atoms with van der Waals surface area (Å²) in [4.78, 5) is 0. The fourth-order valence-corrected chi connectivity index (χ4v) is 3.77. The van der Waals surface area contributed by atoms with Crippen molar-refractivity contribution < 1.29 is 21.4 Å². The van der Waals surface area contributed by atoms with Gasteiger partial charge in [0, 0.05) is 5.92 Å². The van der Waals surface area contributed by atoms with Crippen molar-refractivity contribution in [3.8, 4) is 0 Å². The maximum Gasteiger partial charge on any atom is 0.265 e. The summed E-state index contributed by atoms with van der Waals surface area (Å²) in [5, 5.41) is 0. The lowest BCUT2D eigenvalue weighted by molar-refractivity contribution is 0.467. The monoisotopic (exact) mass is 200 g/mol. The molecule has 1 N–H and O–H groups in total. The summed E-state index contributed by atoms with van der Waals surface area (Å²) < 4.78 is 49.7. The maximum atomic E-state index is 10.5. The van der Waals surface area contributed by atoms with Crippen LogP contribution in [-0.2, 0) is 20.0 Å². The largest absolute Gasteiger partial charge is 0.286 e. The van der Waals surface area contributed by atoms with Crippen LogP contribution < -0.4 is 0 Å². The Balaban J connectivity index is 2.48. The molecule has 0 aromatic heterocycles. The van der Waals surface area contributed by atoms with Crippen molar-refractivity contribution >= 4 is 20.0 Å². The SMILES string of the molecule is O=S(=O)(O)CC1CS(=O)(=O)C1. The molecule has 1 saturated heterocycles. The van der Waals surface area contributed by atoms with Gasteiger partial charge in [-0.2, -0.15) is 8.42 Å². The first kappa shape index (κ1) is 8.95. The summed E-state index contributed by atoms with van der Waals surface area (Å²) in [5.74, 6) is -1.08. The van der Waals surface area contributed by atoms with Crippen LogP contribution in [-0.4, -0.2) is 38.6 Å². The third-order valence-corrected chi connectivity index (χ3v) is 4.28. The Kier molecular flexibility index (Phi) is 1.97. The zero-order valence-corrected chi connectivity index (χ0v) is 7.23. The third kappa shape index (κ3) is 2.76. The van der Waals surface area contributed by atoms with E-state index in [-0.39, 0.29) is 11.5 Å². The fraction of sp³-hybridized carbons (Fsp3) is 1.00. The van der Waals surface area contributed by atoms with Crippen LogP contribution in [0.25, 0.3) is 0 Å². The van der Waals surface area contributed by atoms with Crippen molar-refractivity contribution in [2.45, 2.75) is 0 Å². The quantitative estimate of drug-likeness (QED) is 0.573. The normalized spacial score (nSPS) is 24.5. The number of rotatable bonds is 2. The van der Waals surface area contributed by atoms with Crippen LogP contribution >= 0.6 is 0 Å². The predicted molar refractivity (Wildman–Crippen MR) is 38.6 cm³/mol. The summed E-state index contributed by atoms with van der Waals surface area (Å²) in [6, 6.07) is 0. The van der Waals surface area contributed by atoms with Gasteiger partial charge in [-0.3, -0.25) is 4.55 Å². The minimum absolute atomic E-state index is 0.118. The summed E-state index contributed by atoms with van der Waals surface area (Å²) in [6.45, 7) is 0. The average molecular weight is 200 g/mol. The lowest BCUT2D eigenvalue weighted by Crippen LogP contribution is -2.40. The van der Waals surface area contributed by atoms with Crippen molar-refractivity contribution in [1.29, 1.82) is 0 Å². The molecule has 11 heavy (non-hydrogen) atoms. The van der Waals surface area contributed by atoms with E-state index in [1.165, 1.54) is 0 Å². The van der Waals surface area contributed by atoms with Crippen LogP contribution in [0.3, 0.4) is 0 Å². The molecular weight excluding hydrogens is 192 g/mol. The Hall–Kier alpha value is -0.140. The van der Waals surface area contributed by atoms with Crippen molar-refractivity contribution in [3.63, 3.8) is 0 Å². The highest BCUT2D eigenvalue weighted by Gasteiger charge is 2.35. The first-order valence-electron chi connectivity index (χ1n) is 2.94. The highest BCUT2D eigenvalue weighted by Crippen LogP contribution is 2.19. The molecule has 7 heteroatoms. The highest BCUT2D eigenvalue weighted by atomic mass is 32.2. The van der Waals surface area contributed by atoms with Gasteiger partial charge < -0.3 is 0 Å². The first-order valence-corrected chi connectivity index (χ1v) is 6.37.